The Bertz CT molecular complexity index is 186. The lowest BCUT2D eigenvalue weighted by atomic mass is 9.89. The highest BCUT2D eigenvalue weighted by Crippen LogP contribution is 2.29. The highest BCUT2D eigenvalue weighted by atomic mass is 19.4. The summed E-state index contributed by atoms with van der Waals surface area (Å²) in [6, 6.07) is 0. The molecule has 1 atom stereocenters. The molecule has 1 saturated heterocycles. The molecule has 0 radical (unpaired) electrons. The molecule has 1 fully saturated rings. The number of rotatable bonds is 3. The third kappa shape index (κ3) is 5.37. The first-order valence-corrected chi connectivity index (χ1v) is 5.41. The summed E-state index contributed by atoms with van der Waals surface area (Å²) in [6.07, 6.45) is -2.60. The molecule has 1 unspecified atom stereocenters. The Labute approximate surface area is 87.9 Å². The van der Waals surface area contributed by atoms with Crippen molar-refractivity contribution < 1.29 is 18.3 Å². The lowest BCUT2D eigenvalue weighted by Gasteiger charge is -2.26. The lowest BCUT2D eigenvalue weighted by molar-refractivity contribution is -0.138. The Morgan fingerprint density at radius 1 is 1.20 bits per heavy atom. The largest absolute Gasteiger partial charge is 0.390 e. The molecule has 0 aliphatic carbocycles. The van der Waals surface area contributed by atoms with E-state index in [1.807, 2.05) is 0 Å². The van der Waals surface area contributed by atoms with Crippen LogP contribution in [0.25, 0.3) is 0 Å². The highest BCUT2D eigenvalue weighted by molar-refractivity contribution is 4.82. The molecule has 15 heavy (non-hydrogen) atoms. The number of aliphatic hydroxyl groups is 1. The van der Waals surface area contributed by atoms with Gasteiger partial charge in [-0.25, -0.2) is 0 Å². The molecule has 1 aliphatic heterocycles. The van der Waals surface area contributed by atoms with Gasteiger partial charge in [0.1, 0.15) is 0 Å². The minimum atomic E-state index is -4.10. The van der Waals surface area contributed by atoms with Gasteiger partial charge < -0.3 is 10.4 Å². The third-order valence-corrected chi connectivity index (χ3v) is 2.87. The Kier molecular flexibility index (Phi) is 4.40. The van der Waals surface area contributed by atoms with E-state index in [0.29, 0.717) is 19.4 Å². The second-order valence-electron chi connectivity index (χ2n) is 4.30. The fraction of sp³-hybridized carbons (Fsp3) is 1.00. The summed E-state index contributed by atoms with van der Waals surface area (Å²) in [4.78, 5) is 0. The van der Waals surface area contributed by atoms with Gasteiger partial charge in [-0.2, -0.15) is 13.2 Å². The van der Waals surface area contributed by atoms with Crippen LogP contribution in [0.15, 0.2) is 0 Å². The molecule has 2 nitrogen and oxygen atoms in total. The Morgan fingerprint density at radius 3 is 2.60 bits per heavy atom. The van der Waals surface area contributed by atoms with Crippen LogP contribution in [0, 0.1) is 0 Å². The van der Waals surface area contributed by atoms with Gasteiger partial charge in [-0.05, 0) is 45.2 Å². The summed E-state index contributed by atoms with van der Waals surface area (Å²) in [7, 11) is 0. The van der Waals surface area contributed by atoms with E-state index < -0.39 is 18.2 Å². The second kappa shape index (κ2) is 5.16. The maximum absolute atomic E-state index is 11.9. The SMILES string of the molecule is OC1(CCCC(F)(F)F)CCCNCC1. The number of halogens is 3. The van der Waals surface area contributed by atoms with Gasteiger partial charge in [0.2, 0.25) is 0 Å². The van der Waals surface area contributed by atoms with Crippen LogP contribution in [-0.2, 0) is 0 Å². The zero-order valence-corrected chi connectivity index (χ0v) is 8.74. The summed E-state index contributed by atoms with van der Waals surface area (Å²) < 4.78 is 35.8. The summed E-state index contributed by atoms with van der Waals surface area (Å²) in [5, 5.41) is 13.2. The molecule has 5 heteroatoms. The molecule has 0 aromatic carbocycles. The van der Waals surface area contributed by atoms with Crippen molar-refractivity contribution in [3.63, 3.8) is 0 Å². The van der Waals surface area contributed by atoms with Crippen molar-refractivity contribution in [2.45, 2.75) is 50.3 Å². The summed E-state index contributed by atoms with van der Waals surface area (Å²) >= 11 is 0. The molecule has 1 aliphatic rings. The monoisotopic (exact) mass is 225 g/mol. The predicted molar refractivity (Wildman–Crippen MR) is 51.6 cm³/mol. The average molecular weight is 225 g/mol. The van der Waals surface area contributed by atoms with Crippen LogP contribution < -0.4 is 5.32 Å². The van der Waals surface area contributed by atoms with E-state index in [9.17, 15) is 18.3 Å². The Balaban J connectivity index is 2.28. The van der Waals surface area contributed by atoms with Crippen molar-refractivity contribution >= 4 is 0 Å². The maximum atomic E-state index is 11.9. The fourth-order valence-corrected chi connectivity index (χ4v) is 1.98. The summed E-state index contributed by atoms with van der Waals surface area (Å²) in [6.45, 7) is 1.55. The van der Waals surface area contributed by atoms with Crippen molar-refractivity contribution in [1.29, 1.82) is 0 Å². The predicted octanol–water partition coefficient (Wildman–Crippen LogP) is 2.22. The van der Waals surface area contributed by atoms with Gasteiger partial charge in [0.25, 0.3) is 0 Å². The zero-order valence-electron chi connectivity index (χ0n) is 8.74. The Hall–Kier alpha value is -0.290. The van der Waals surface area contributed by atoms with Crippen LogP contribution in [-0.4, -0.2) is 30.0 Å². The van der Waals surface area contributed by atoms with Crippen LogP contribution in [0.2, 0.25) is 0 Å². The first kappa shape index (κ1) is 12.8. The van der Waals surface area contributed by atoms with Crippen LogP contribution in [0.4, 0.5) is 13.2 Å². The quantitative estimate of drug-likeness (QED) is 0.772. The van der Waals surface area contributed by atoms with Gasteiger partial charge in [0.05, 0.1) is 5.60 Å². The summed E-state index contributed by atoms with van der Waals surface area (Å²) in [5.41, 5.74) is -0.880. The van der Waals surface area contributed by atoms with E-state index in [-0.39, 0.29) is 12.8 Å². The van der Waals surface area contributed by atoms with E-state index in [1.54, 1.807) is 0 Å². The normalized spacial score (nSPS) is 28.8. The van der Waals surface area contributed by atoms with Crippen molar-refractivity contribution in [3.8, 4) is 0 Å². The molecular weight excluding hydrogens is 207 g/mol. The summed E-state index contributed by atoms with van der Waals surface area (Å²) in [5.74, 6) is 0. The van der Waals surface area contributed by atoms with Crippen molar-refractivity contribution in [2.24, 2.45) is 0 Å². The molecule has 1 heterocycles. The molecule has 1 rings (SSSR count). The second-order valence-corrected chi connectivity index (χ2v) is 4.30. The van der Waals surface area contributed by atoms with Crippen LogP contribution >= 0.6 is 0 Å². The number of hydrogen-bond acceptors (Lipinski definition) is 2. The van der Waals surface area contributed by atoms with Crippen molar-refractivity contribution in [1.82, 2.24) is 5.32 Å². The van der Waals surface area contributed by atoms with E-state index >= 15 is 0 Å². The van der Waals surface area contributed by atoms with Crippen molar-refractivity contribution in [3.05, 3.63) is 0 Å². The topological polar surface area (TPSA) is 32.3 Å². The van der Waals surface area contributed by atoms with Gasteiger partial charge in [-0.3, -0.25) is 0 Å². The van der Waals surface area contributed by atoms with Gasteiger partial charge >= 0.3 is 6.18 Å². The fourth-order valence-electron chi connectivity index (χ4n) is 1.98. The zero-order chi connectivity index (χ0) is 11.4. The van der Waals surface area contributed by atoms with Crippen LogP contribution in [0.3, 0.4) is 0 Å². The number of nitrogens with one attached hydrogen (secondary N) is 1. The number of hydrogen-bond donors (Lipinski definition) is 2. The van der Waals surface area contributed by atoms with E-state index in [1.165, 1.54) is 0 Å². The molecule has 90 valence electrons. The molecule has 2 N–H and O–H groups in total. The molecule has 0 aromatic rings. The minimum absolute atomic E-state index is 0.0278. The molecule has 0 aromatic heterocycles. The van der Waals surface area contributed by atoms with E-state index in [4.69, 9.17) is 0 Å². The maximum Gasteiger partial charge on any atom is 0.389 e. The Morgan fingerprint density at radius 2 is 1.93 bits per heavy atom. The third-order valence-electron chi connectivity index (χ3n) is 2.87. The average Bonchev–Trinajstić information content (AvgIpc) is 2.28. The molecule has 0 amide bonds. The number of alkyl halides is 3. The van der Waals surface area contributed by atoms with Crippen LogP contribution in [0.1, 0.15) is 38.5 Å². The highest BCUT2D eigenvalue weighted by Gasteiger charge is 2.31. The van der Waals surface area contributed by atoms with E-state index in [0.717, 1.165) is 13.0 Å². The van der Waals surface area contributed by atoms with Crippen molar-refractivity contribution in [2.75, 3.05) is 13.1 Å². The van der Waals surface area contributed by atoms with Gasteiger partial charge in [-0.1, -0.05) is 0 Å². The van der Waals surface area contributed by atoms with Gasteiger partial charge in [-0.15, -0.1) is 0 Å². The minimum Gasteiger partial charge on any atom is -0.390 e. The van der Waals surface area contributed by atoms with Gasteiger partial charge in [0.15, 0.2) is 0 Å². The van der Waals surface area contributed by atoms with E-state index in [2.05, 4.69) is 5.32 Å². The van der Waals surface area contributed by atoms with Gasteiger partial charge in [0, 0.05) is 6.42 Å². The lowest BCUT2D eigenvalue weighted by Crippen LogP contribution is -2.30. The molecular formula is C10H18F3NO. The first-order valence-electron chi connectivity index (χ1n) is 5.41. The first-order chi connectivity index (χ1) is 6.91. The smallest absolute Gasteiger partial charge is 0.389 e. The molecule has 0 bridgehead atoms. The standard InChI is InChI=1S/C10H18F3NO/c11-10(12,13)5-1-3-9(15)4-2-7-14-8-6-9/h14-15H,1-8H2. The molecule has 0 saturated carbocycles. The molecule has 0 spiro atoms. The van der Waals surface area contributed by atoms with Crippen LogP contribution in [0.5, 0.6) is 0 Å².